The largest absolute Gasteiger partial charge is 0.462 e. The zero-order chi connectivity index (χ0) is 16.7. The van der Waals surface area contributed by atoms with Crippen molar-refractivity contribution in [2.24, 2.45) is 0 Å². The van der Waals surface area contributed by atoms with Gasteiger partial charge in [-0.25, -0.2) is 9.59 Å². The zero-order valence-electron chi connectivity index (χ0n) is 13.7. The molecule has 0 saturated carbocycles. The second-order valence-electron chi connectivity index (χ2n) is 4.96. The maximum atomic E-state index is 12.3. The van der Waals surface area contributed by atoms with Crippen LogP contribution in [-0.2, 0) is 19.1 Å². The molecule has 0 aromatic rings. The summed E-state index contributed by atoms with van der Waals surface area (Å²) in [5.41, 5.74) is 0.750. The molecule has 1 N–H and O–H groups in total. The number of aliphatic hydroxyl groups is 1. The van der Waals surface area contributed by atoms with Gasteiger partial charge in [0.25, 0.3) is 0 Å². The van der Waals surface area contributed by atoms with Gasteiger partial charge in [0.1, 0.15) is 17.4 Å². The van der Waals surface area contributed by atoms with Gasteiger partial charge in [0, 0.05) is 12.2 Å². The van der Waals surface area contributed by atoms with Crippen molar-refractivity contribution in [1.29, 1.82) is 0 Å². The summed E-state index contributed by atoms with van der Waals surface area (Å²) < 4.78 is 10.0. The number of ether oxygens (including phenoxy) is 2. The van der Waals surface area contributed by atoms with Gasteiger partial charge in [0.15, 0.2) is 0 Å². The second kappa shape index (κ2) is 8.58. The molecule has 0 amide bonds. The minimum atomic E-state index is -1.17. The van der Waals surface area contributed by atoms with Gasteiger partial charge in [-0.15, -0.1) is 0 Å². The molecule has 6 heteroatoms. The molecule has 0 radical (unpaired) electrons. The fourth-order valence-electron chi connectivity index (χ4n) is 2.31. The number of nitrogens with zero attached hydrogens (tertiary/aromatic N) is 1. The van der Waals surface area contributed by atoms with Crippen LogP contribution < -0.4 is 0 Å². The van der Waals surface area contributed by atoms with Gasteiger partial charge >= 0.3 is 11.9 Å². The predicted octanol–water partition coefficient (Wildman–Crippen LogP) is 1.75. The number of allylic oxidation sites excluding steroid dienone is 1. The highest BCUT2D eigenvalue weighted by molar-refractivity contribution is 6.01. The van der Waals surface area contributed by atoms with Crippen LogP contribution in [0.5, 0.6) is 0 Å². The molecule has 0 spiro atoms. The Balaban J connectivity index is 3.30. The fraction of sp³-hybridized carbons (Fsp3) is 0.625. The average Bonchev–Trinajstić information content (AvgIpc) is 2.45. The number of carbonyl (C=O) groups is 2. The van der Waals surface area contributed by atoms with E-state index in [1.54, 1.807) is 31.7 Å². The molecule has 22 heavy (non-hydrogen) atoms. The highest BCUT2D eigenvalue weighted by Crippen LogP contribution is 2.28. The summed E-state index contributed by atoms with van der Waals surface area (Å²) in [5.74, 6) is -1.31. The lowest BCUT2D eigenvalue weighted by Gasteiger charge is -2.33. The van der Waals surface area contributed by atoms with Gasteiger partial charge < -0.3 is 19.5 Å². The third-order valence-electron chi connectivity index (χ3n) is 3.35. The number of esters is 2. The molecule has 0 saturated heterocycles. The Morgan fingerprint density at radius 1 is 1.18 bits per heavy atom. The molecule has 6 nitrogen and oxygen atoms in total. The minimum Gasteiger partial charge on any atom is -0.462 e. The van der Waals surface area contributed by atoms with Crippen LogP contribution in [0.2, 0.25) is 0 Å². The Bertz CT molecular complexity index is 481. The van der Waals surface area contributed by atoms with Crippen LogP contribution in [0.3, 0.4) is 0 Å². The number of aliphatic hydroxyl groups excluding tert-OH is 1. The normalized spacial score (nSPS) is 18.1. The Labute approximate surface area is 131 Å². The summed E-state index contributed by atoms with van der Waals surface area (Å²) in [4.78, 5) is 26.2. The van der Waals surface area contributed by atoms with Crippen LogP contribution in [0.25, 0.3) is 0 Å². The summed E-state index contributed by atoms with van der Waals surface area (Å²) in [6.45, 7) is 8.14. The molecule has 0 fully saturated rings. The fourth-order valence-corrected chi connectivity index (χ4v) is 2.31. The summed E-state index contributed by atoms with van der Waals surface area (Å²) in [6.07, 6.45) is 2.17. The van der Waals surface area contributed by atoms with E-state index in [1.165, 1.54) is 0 Å². The van der Waals surface area contributed by atoms with Crippen LogP contribution in [0, 0.1) is 0 Å². The molecule has 124 valence electrons. The third-order valence-corrected chi connectivity index (χ3v) is 3.35. The van der Waals surface area contributed by atoms with Crippen LogP contribution >= 0.6 is 0 Å². The second-order valence-corrected chi connectivity index (χ2v) is 4.96. The molecule has 1 unspecified atom stereocenters. The molecule has 1 rings (SSSR count). The molecule has 0 aliphatic carbocycles. The van der Waals surface area contributed by atoms with Crippen LogP contribution in [0.1, 0.15) is 40.5 Å². The van der Waals surface area contributed by atoms with E-state index in [0.29, 0.717) is 6.54 Å². The first-order chi connectivity index (χ1) is 10.5. The van der Waals surface area contributed by atoms with Crippen molar-refractivity contribution in [1.82, 2.24) is 4.90 Å². The van der Waals surface area contributed by atoms with Gasteiger partial charge in [-0.1, -0.05) is 13.3 Å². The number of carbonyl (C=O) groups excluding carboxylic acids is 2. The van der Waals surface area contributed by atoms with Gasteiger partial charge in [-0.2, -0.15) is 0 Å². The van der Waals surface area contributed by atoms with Crippen molar-refractivity contribution in [3.05, 3.63) is 23.0 Å². The first kappa shape index (κ1) is 18.2. The zero-order valence-corrected chi connectivity index (χ0v) is 13.7. The van der Waals surface area contributed by atoms with Crippen LogP contribution in [0.15, 0.2) is 23.0 Å². The van der Waals surface area contributed by atoms with E-state index in [1.807, 2.05) is 6.92 Å². The Morgan fingerprint density at radius 3 is 2.32 bits per heavy atom. The van der Waals surface area contributed by atoms with E-state index in [-0.39, 0.29) is 24.5 Å². The summed E-state index contributed by atoms with van der Waals surface area (Å²) in [6, 6.07) is 0. The van der Waals surface area contributed by atoms with Gasteiger partial charge in [-0.05, 0) is 33.3 Å². The quantitative estimate of drug-likeness (QED) is 0.722. The van der Waals surface area contributed by atoms with Crippen LogP contribution in [0.4, 0.5) is 0 Å². The summed E-state index contributed by atoms with van der Waals surface area (Å²) in [7, 11) is 0. The van der Waals surface area contributed by atoms with E-state index >= 15 is 0 Å². The summed E-state index contributed by atoms with van der Waals surface area (Å²) in [5, 5.41) is 10.2. The Hall–Kier alpha value is -1.82. The molecule has 0 bridgehead atoms. The molecular weight excluding hydrogens is 286 g/mol. The highest BCUT2D eigenvalue weighted by atomic mass is 16.5. The van der Waals surface area contributed by atoms with Crippen molar-refractivity contribution in [2.75, 3.05) is 19.8 Å². The number of rotatable bonds is 7. The topological polar surface area (TPSA) is 76.1 Å². The Kier molecular flexibility index (Phi) is 7.11. The number of hydrogen-bond donors (Lipinski definition) is 1. The van der Waals surface area contributed by atoms with Gasteiger partial charge in [-0.3, -0.25) is 0 Å². The number of hydrogen-bond acceptors (Lipinski definition) is 6. The summed E-state index contributed by atoms with van der Waals surface area (Å²) >= 11 is 0. The lowest BCUT2D eigenvalue weighted by atomic mass is 10.00. The lowest BCUT2D eigenvalue weighted by Crippen LogP contribution is -2.38. The van der Waals surface area contributed by atoms with Crippen molar-refractivity contribution < 1.29 is 24.2 Å². The Morgan fingerprint density at radius 2 is 1.77 bits per heavy atom. The first-order valence-electron chi connectivity index (χ1n) is 7.70. The van der Waals surface area contributed by atoms with Crippen LogP contribution in [-0.4, -0.2) is 47.8 Å². The molecule has 0 aromatic carbocycles. The van der Waals surface area contributed by atoms with E-state index in [0.717, 1.165) is 18.5 Å². The smallest absolute Gasteiger partial charge is 0.355 e. The van der Waals surface area contributed by atoms with Crippen molar-refractivity contribution in [2.45, 2.75) is 46.6 Å². The molecule has 1 heterocycles. The average molecular weight is 311 g/mol. The predicted molar refractivity (Wildman–Crippen MR) is 81.7 cm³/mol. The van der Waals surface area contributed by atoms with Crippen molar-refractivity contribution in [3.8, 4) is 0 Å². The first-order valence-corrected chi connectivity index (χ1v) is 7.70. The van der Waals surface area contributed by atoms with Gasteiger partial charge in [0.2, 0.25) is 0 Å². The molecule has 1 atom stereocenters. The van der Waals surface area contributed by atoms with Crippen molar-refractivity contribution in [3.63, 3.8) is 0 Å². The monoisotopic (exact) mass is 311 g/mol. The molecular formula is C16H25NO5. The number of unbranched alkanes of at least 4 members (excludes halogenated alkanes) is 1. The van der Waals surface area contributed by atoms with E-state index in [4.69, 9.17) is 9.47 Å². The van der Waals surface area contributed by atoms with Crippen molar-refractivity contribution >= 4 is 11.9 Å². The van der Waals surface area contributed by atoms with E-state index < -0.39 is 18.0 Å². The highest BCUT2D eigenvalue weighted by Gasteiger charge is 2.35. The van der Waals surface area contributed by atoms with E-state index in [9.17, 15) is 14.7 Å². The maximum absolute atomic E-state index is 12.3. The molecule has 1 aliphatic heterocycles. The molecule has 0 aromatic heterocycles. The minimum absolute atomic E-state index is 0.0537. The lowest BCUT2D eigenvalue weighted by molar-refractivity contribution is -0.144. The standard InChI is InChI=1S/C16H25NO5/c1-5-8-9-17-11(4)10-12(18)13(15(19)21-6-2)14(17)16(20)22-7-3/h10,12,18H,5-9H2,1-4H3. The van der Waals surface area contributed by atoms with Gasteiger partial charge in [0.05, 0.1) is 13.2 Å². The van der Waals surface area contributed by atoms with E-state index in [2.05, 4.69) is 0 Å². The third kappa shape index (κ3) is 4.10. The maximum Gasteiger partial charge on any atom is 0.355 e. The SMILES string of the molecule is CCCCN1C(C)=CC(O)C(C(=O)OCC)=C1C(=O)OCC. The molecule has 1 aliphatic rings.